The number of fused-ring (bicyclic) bond motifs is 1. The van der Waals surface area contributed by atoms with E-state index in [1.54, 1.807) is 12.1 Å². The third-order valence-corrected chi connectivity index (χ3v) is 6.13. The Hall–Kier alpha value is -3.45. The molecule has 34 heavy (non-hydrogen) atoms. The average molecular weight is 482 g/mol. The fourth-order valence-corrected chi connectivity index (χ4v) is 4.25. The van der Waals surface area contributed by atoms with Gasteiger partial charge in [-0.1, -0.05) is 35.9 Å². The van der Waals surface area contributed by atoms with Gasteiger partial charge in [0.2, 0.25) is 0 Å². The van der Waals surface area contributed by atoms with E-state index in [1.165, 1.54) is 19.2 Å². The van der Waals surface area contributed by atoms with Gasteiger partial charge in [0.1, 0.15) is 17.6 Å². The molecule has 0 saturated heterocycles. The number of methoxy groups -OCH3 is 1. The number of aromatic amines is 1. The lowest BCUT2D eigenvalue weighted by Gasteiger charge is -2.16. The Labute approximate surface area is 202 Å². The van der Waals surface area contributed by atoms with Gasteiger partial charge < -0.3 is 10.1 Å². The smallest absolute Gasteiger partial charge is 0.328 e. The number of benzene rings is 2. The van der Waals surface area contributed by atoms with Gasteiger partial charge in [0.05, 0.1) is 12.8 Å². The van der Waals surface area contributed by atoms with E-state index in [4.69, 9.17) is 16.3 Å². The van der Waals surface area contributed by atoms with Crippen LogP contribution in [0.3, 0.4) is 0 Å². The molecule has 8 heteroatoms. The number of nitrogens with one attached hydrogen (secondary N) is 2. The lowest BCUT2D eigenvalue weighted by atomic mass is 10.0. The van der Waals surface area contributed by atoms with E-state index in [0.29, 0.717) is 22.7 Å². The van der Waals surface area contributed by atoms with Crippen LogP contribution in [-0.4, -0.2) is 35.2 Å². The summed E-state index contributed by atoms with van der Waals surface area (Å²) in [6, 6.07) is 12.4. The molecule has 0 radical (unpaired) electrons. The molecule has 0 bridgehead atoms. The molecular weight excluding hydrogens is 457 g/mol. The number of rotatable bonds is 6. The second-order valence-corrected chi connectivity index (χ2v) is 8.67. The highest BCUT2D eigenvalue weighted by atomic mass is 35.5. The van der Waals surface area contributed by atoms with Crippen molar-refractivity contribution in [2.75, 3.05) is 7.11 Å². The van der Waals surface area contributed by atoms with E-state index in [0.717, 1.165) is 41.7 Å². The van der Waals surface area contributed by atoms with Crippen molar-refractivity contribution in [3.05, 3.63) is 87.4 Å². The Morgan fingerprint density at radius 3 is 2.56 bits per heavy atom. The molecule has 1 aliphatic rings. The van der Waals surface area contributed by atoms with Crippen molar-refractivity contribution in [3.63, 3.8) is 0 Å². The van der Waals surface area contributed by atoms with Gasteiger partial charge >= 0.3 is 5.97 Å². The predicted octanol–water partition coefficient (Wildman–Crippen LogP) is 4.98. The molecule has 1 unspecified atom stereocenters. The Bertz CT molecular complexity index is 1200. The SMILES string of the molecule is COC(=O)C(Cc1ccc(F)cc1)NC(=O)c1[nH]nc2c1CCCCC2=Cc1ccc(Cl)cc1. The fourth-order valence-electron chi connectivity index (χ4n) is 4.12. The summed E-state index contributed by atoms with van der Waals surface area (Å²) in [4.78, 5) is 25.5. The van der Waals surface area contributed by atoms with Crippen LogP contribution in [0.2, 0.25) is 5.02 Å². The van der Waals surface area contributed by atoms with E-state index in [2.05, 4.69) is 21.6 Å². The highest BCUT2D eigenvalue weighted by Crippen LogP contribution is 2.32. The van der Waals surface area contributed by atoms with Crippen molar-refractivity contribution in [2.45, 2.75) is 38.1 Å². The van der Waals surface area contributed by atoms with Crippen LogP contribution < -0.4 is 5.32 Å². The minimum absolute atomic E-state index is 0.177. The lowest BCUT2D eigenvalue weighted by Crippen LogP contribution is -2.43. The quantitative estimate of drug-likeness (QED) is 0.384. The highest BCUT2D eigenvalue weighted by Gasteiger charge is 2.27. The zero-order valence-electron chi connectivity index (χ0n) is 18.7. The number of H-pyrrole nitrogens is 1. The van der Waals surface area contributed by atoms with Gasteiger partial charge in [-0.3, -0.25) is 9.89 Å². The van der Waals surface area contributed by atoms with Crippen LogP contribution in [0.4, 0.5) is 4.39 Å². The molecule has 1 atom stereocenters. The largest absolute Gasteiger partial charge is 0.467 e. The third kappa shape index (κ3) is 5.54. The van der Waals surface area contributed by atoms with Crippen LogP contribution in [0, 0.1) is 5.82 Å². The van der Waals surface area contributed by atoms with Gasteiger partial charge in [0, 0.05) is 17.0 Å². The van der Waals surface area contributed by atoms with Crippen molar-refractivity contribution in [2.24, 2.45) is 0 Å². The number of nitrogens with zero attached hydrogens (tertiary/aromatic N) is 1. The van der Waals surface area contributed by atoms with Crippen molar-refractivity contribution in [1.29, 1.82) is 0 Å². The van der Waals surface area contributed by atoms with Crippen LogP contribution >= 0.6 is 11.6 Å². The van der Waals surface area contributed by atoms with Gasteiger partial charge in [0.15, 0.2) is 0 Å². The summed E-state index contributed by atoms with van der Waals surface area (Å²) >= 11 is 6.00. The van der Waals surface area contributed by atoms with E-state index in [9.17, 15) is 14.0 Å². The first-order chi connectivity index (χ1) is 16.4. The molecule has 2 N–H and O–H groups in total. The number of ether oxygens (including phenoxy) is 1. The molecule has 0 spiro atoms. The Kier molecular flexibility index (Phi) is 7.43. The molecule has 0 aliphatic heterocycles. The maximum atomic E-state index is 13.2. The van der Waals surface area contributed by atoms with Crippen LogP contribution in [0.1, 0.15) is 52.1 Å². The summed E-state index contributed by atoms with van der Waals surface area (Å²) in [5.74, 6) is -1.38. The average Bonchev–Trinajstić information content (AvgIpc) is 3.17. The number of halogens is 2. The minimum Gasteiger partial charge on any atom is -0.467 e. The van der Waals surface area contributed by atoms with Crippen LogP contribution in [0.25, 0.3) is 11.6 Å². The zero-order chi connectivity index (χ0) is 24.1. The molecule has 0 fully saturated rings. The first-order valence-corrected chi connectivity index (χ1v) is 11.5. The molecule has 2 aromatic carbocycles. The summed E-state index contributed by atoms with van der Waals surface area (Å²) in [7, 11) is 1.27. The first kappa shape index (κ1) is 23.7. The number of allylic oxidation sites excluding steroid dienone is 1. The summed E-state index contributed by atoms with van der Waals surface area (Å²) in [5.41, 5.74) is 4.69. The third-order valence-electron chi connectivity index (χ3n) is 5.88. The number of amides is 1. The van der Waals surface area contributed by atoms with E-state index in [1.807, 2.05) is 24.3 Å². The maximum absolute atomic E-state index is 13.2. The Balaban J connectivity index is 1.58. The van der Waals surface area contributed by atoms with Crippen LogP contribution in [0.5, 0.6) is 0 Å². The molecule has 1 heterocycles. The van der Waals surface area contributed by atoms with Gasteiger partial charge in [-0.25, -0.2) is 9.18 Å². The first-order valence-electron chi connectivity index (χ1n) is 11.1. The van der Waals surface area contributed by atoms with E-state index < -0.39 is 17.9 Å². The molecule has 1 amide bonds. The molecule has 4 rings (SSSR count). The molecule has 176 valence electrons. The fraction of sp³-hybridized carbons (Fsp3) is 0.269. The van der Waals surface area contributed by atoms with Crippen molar-refractivity contribution in [3.8, 4) is 0 Å². The Morgan fingerprint density at radius 2 is 1.85 bits per heavy atom. The Morgan fingerprint density at radius 1 is 1.15 bits per heavy atom. The summed E-state index contributed by atoms with van der Waals surface area (Å²) in [6.45, 7) is 0. The molecule has 6 nitrogen and oxygen atoms in total. The number of carbonyl (C=O) groups excluding carboxylic acids is 2. The predicted molar refractivity (Wildman–Crippen MR) is 129 cm³/mol. The van der Waals surface area contributed by atoms with Gasteiger partial charge in [-0.05, 0) is 72.7 Å². The number of carbonyl (C=O) groups is 2. The summed E-state index contributed by atoms with van der Waals surface area (Å²) in [5, 5.41) is 10.8. The number of aromatic nitrogens is 2. The lowest BCUT2D eigenvalue weighted by molar-refractivity contribution is -0.142. The van der Waals surface area contributed by atoms with Crippen LogP contribution in [0.15, 0.2) is 48.5 Å². The van der Waals surface area contributed by atoms with E-state index in [-0.39, 0.29) is 12.2 Å². The highest BCUT2D eigenvalue weighted by molar-refractivity contribution is 6.30. The van der Waals surface area contributed by atoms with Crippen molar-refractivity contribution >= 4 is 35.1 Å². The molecule has 0 saturated carbocycles. The van der Waals surface area contributed by atoms with Gasteiger partial charge in [-0.2, -0.15) is 5.10 Å². The van der Waals surface area contributed by atoms with Crippen molar-refractivity contribution in [1.82, 2.24) is 15.5 Å². The normalized spacial score (nSPS) is 15.3. The number of hydrogen-bond acceptors (Lipinski definition) is 4. The molecule has 3 aromatic rings. The zero-order valence-corrected chi connectivity index (χ0v) is 19.5. The van der Waals surface area contributed by atoms with Gasteiger partial charge in [0.25, 0.3) is 5.91 Å². The molecule has 1 aliphatic carbocycles. The molecular formula is C26H25ClFN3O3. The standard InChI is InChI=1S/C26H25ClFN3O3/c1-34-26(33)22(15-17-8-12-20(28)13-9-17)29-25(32)24-21-5-3-2-4-18(23(21)30-31-24)14-16-6-10-19(27)11-7-16/h6-14,22H,2-5,15H2,1H3,(H,29,32)(H,30,31). The van der Waals surface area contributed by atoms with Gasteiger partial charge in [-0.15, -0.1) is 0 Å². The number of esters is 1. The minimum atomic E-state index is -0.920. The maximum Gasteiger partial charge on any atom is 0.328 e. The van der Waals surface area contributed by atoms with Crippen LogP contribution in [-0.2, 0) is 22.4 Å². The van der Waals surface area contributed by atoms with E-state index >= 15 is 0 Å². The second kappa shape index (κ2) is 10.7. The van der Waals surface area contributed by atoms with Crippen molar-refractivity contribution < 1.29 is 18.7 Å². The topological polar surface area (TPSA) is 84.1 Å². The molecule has 1 aromatic heterocycles. The monoisotopic (exact) mass is 481 g/mol. The second-order valence-electron chi connectivity index (χ2n) is 8.23. The number of hydrogen-bond donors (Lipinski definition) is 2. The summed E-state index contributed by atoms with van der Waals surface area (Å²) in [6.07, 6.45) is 5.68. The summed E-state index contributed by atoms with van der Waals surface area (Å²) < 4.78 is 18.1.